The van der Waals surface area contributed by atoms with E-state index in [2.05, 4.69) is 21.2 Å². The van der Waals surface area contributed by atoms with E-state index < -0.39 is 11.9 Å². The summed E-state index contributed by atoms with van der Waals surface area (Å²) < 4.78 is 0.801. The Morgan fingerprint density at radius 1 is 1.59 bits per heavy atom. The van der Waals surface area contributed by atoms with Crippen LogP contribution in [0.4, 0.5) is 0 Å². The molecule has 5 heteroatoms. The number of hydrogen-bond donors (Lipinski definition) is 2. The molecule has 0 aliphatic rings. The number of nitrogens with two attached hydrogens (primary N) is 1. The Hall–Kier alpha value is -0.580. The Kier molecular flexibility index (Phi) is 5.43. The van der Waals surface area contributed by atoms with Gasteiger partial charge in [-0.05, 0) is 47.0 Å². The van der Waals surface area contributed by atoms with Crippen molar-refractivity contribution in [2.24, 2.45) is 5.73 Å². The fourth-order valence-corrected chi connectivity index (χ4v) is 1.87. The van der Waals surface area contributed by atoms with Crippen LogP contribution in [-0.4, -0.2) is 11.9 Å². The van der Waals surface area contributed by atoms with Crippen molar-refractivity contribution in [3.63, 3.8) is 0 Å². The van der Waals surface area contributed by atoms with Crippen LogP contribution >= 0.6 is 27.5 Å². The number of halogens is 2. The quantitative estimate of drug-likeness (QED) is 0.876. The van der Waals surface area contributed by atoms with Gasteiger partial charge in [-0.3, -0.25) is 10.1 Å². The van der Waals surface area contributed by atoms with Crippen LogP contribution in [0.3, 0.4) is 0 Å². The third-order valence-electron chi connectivity index (χ3n) is 2.63. The molecule has 0 saturated carbocycles. The standard InChI is InChI=1S/C12H16BrClN2O/c1-3-7(2)16-11(12(15)17)8-4-5-9(13)10(14)6-8/h4-7,11,16H,3H2,1-2H3,(H2,15,17). The Morgan fingerprint density at radius 2 is 2.24 bits per heavy atom. The Labute approximate surface area is 115 Å². The van der Waals surface area contributed by atoms with Crippen LogP contribution in [0.25, 0.3) is 0 Å². The van der Waals surface area contributed by atoms with Crippen molar-refractivity contribution in [1.82, 2.24) is 5.32 Å². The van der Waals surface area contributed by atoms with Crippen LogP contribution in [0.2, 0.25) is 5.02 Å². The second-order valence-corrected chi connectivity index (χ2v) is 5.25. The van der Waals surface area contributed by atoms with Gasteiger partial charge in [0.2, 0.25) is 5.91 Å². The summed E-state index contributed by atoms with van der Waals surface area (Å²) in [6, 6.07) is 5.11. The van der Waals surface area contributed by atoms with Crippen LogP contribution in [-0.2, 0) is 4.79 Å². The molecule has 0 bridgehead atoms. The molecule has 0 radical (unpaired) electrons. The summed E-state index contributed by atoms with van der Waals surface area (Å²) in [5.74, 6) is -0.399. The average Bonchev–Trinajstić information content (AvgIpc) is 2.29. The van der Waals surface area contributed by atoms with Crippen molar-refractivity contribution in [1.29, 1.82) is 0 Å². The number of carbonyl (C=O) groups excluding carboxylic acids is 1. The molecule has 1 amide bonds. The van der Waals surface area contributed by atoms with Crippen molar-refractivity contribution < 1.29 is 4.79 Å². The van der Waals surface area contributed by atoms with E-state index in [1.165, 1.54) is 0 Å². The lowest BCUT2D eigenvalue weighted by Gasteiger charge is -2.20. The third-order valence-corrected chi connectivity index (χ3v) is 3.86. The summed E-state index contributed by atoms with van der Waals surface area (Å²) in [6.07, 6.45) is 0.925. The maximum Gasteiger partial charge on any atom is 0.239 e. The van der Waals surface area contributed by atoms with Crippen molar-refractivity contribution in [3.8, 4) is 0 Å². The fourth-order valence-electron chi connectivity index (χ4n) is 1.44. The Morgan fingerprint density at radius 3 is 2.71 bits per heavy atom. The van der Waals surface area contributed by atoms with Gasteiger partial charge in [0.1, 0.15) is 6.04 Å². The molecular weight excluding hydrogens is 304 g/mol. The molecule has 0 aliphatic heterocycles. The van der Waals surface area contributed by atoms with Crippen molar-refractivity contribution >= 4 is 33.4 Å². The molecule has 17 heavy (non-hydrogen) atoms. The summed E-state index contributed by atoms with van der Waals surface area (Å²) in [5.41, 5.74) is 6.19. The molecule has 3 N–H and O–H groups in total. The highest BCUT2D eigenvalue weighted by Gasteiger charge is 2.19. The van der Waals surface area contributed by atoms with Gasteiger partial charge in [0.15, 0.2) is 0 Å². The average molecular weight is 320 g/mol. The molecule has 2 unspecified atom stereocenters. The molecule has 2 atom stereocenters. The summed E-state index contributed by atoms with van der Waals surface area (Å²) in [4.78, 5) is 11.5. The zero-order valence-electron chi connectivity index (χ0n) is 9.84. The van der Waals surface area contributed by atoms with Crippen LogP contribution in [0.1, 0.15) is 31.9 Å². The third kappa shape index (κ3) is 3.98. The number of benzene rings is 1. The topological polar surface area (TPSA) is 55.1 Å². The highest BCUT2D eigenvalue weighted by atomic mass is 79.9. The zero-order chi connectivity index (χ0) is 13.0. The number of amides is 1. The Balaban J connectivity index is 2.97. The van der Waals surface area contributed by atoms with E-state index in [9.17, 15) is 4.79 Å². The van der Waals surface area contributed by atoms with Crippen LogP contribution in [0.15, 0.2) is 22.7 Å². The van der Waals surface area contributed by atoms with Crippen molar-refractivity contribution in [2.45, 2.75) is 32.4 Å². The van der Waals surface area contributed by atoms with Gasteiger partial charge >= 0.3 is 0 Å². The molecule has 0 aliphatic carbocycles. The van der Waals surface area contributed by atoms with E-state index in [4.69, 9.17) is 17.3 Å². The van der Waals surface area contributed by atoms with Gasteiger partial charge in [0, 0.05) is 10.5 Å². The van der Waals surface area contributed by atoms with E-state index in [1.54, 1.807) is 6.07 Å². The highest BCUT2D eigenvalue weighted by molar-refractivity contribution is 9.10. The molecule has 0 saturated heterocycles. The molecule has 94 valence electrons. The van der Waals surface area contributed by atoms with Crippen molar-refractivity contribution in [2.75, 3.05) is 0 Å². The molecule has 1 aromatic carbocycles. The molecule has 0 fully saturated rings. The molecule has 0 heterocycles. The van der Waals surface area contributed by atoms with E-state index in [0.717, 1.165) is 16.5 Å². The molecule has 3 nitrogen and oxygen atoms in total. The van der Waals surface area contributed by atoms with Crippen molar-refractivity contribution in [3.05, 3.63) is 33.3 Å². The number of rotatable bonds is 5. The van der Waals surface area contributed by atoms with Gasteiger partial charge in [0.25, 0.3) is 0 Å². The lowest BCUT2D eigenvalue weighted by molar-refractivity contribution is -0.120. The van der Waals surface area contributed by atoms with E-state index in [0.29, 0.717) is 5.02 Å². The smallest absolute Gasteiger partial charge is 0.239 e. The summed E-state index contributed by atoms with van der Waals surface area (Å²) >= 11 is 9.32. The van der Waals surface area contributed by atoms with Gasteiger partial charge in [-0.1, -0.05) is 24.6 Å². The first-order chi connectivity index (χ1) is 7.95. The zero-order valence-corrected chi connectivity index (χ0v) is 12.2. The van der Waals surface area contributed by atoms with Gasteiger partial charge in [-0.25, -0.2) is 0 Å². The molecule has 1 aromatic rings. The molecule has 1 rings (SSSR count). The lowest BCUT2D eigenvalue weighted by atomic mass is 10.0. The van der Waals surface area contributed by atoms with E-state index >= 15 is 0 Å². The predicted molar refractivity (Wildman–Crippen MR) is 74.0 cm³/mol. The number of hydrogen-bond acceptors (Lipinski definition) is 2. The molecular formula is C12H16BrClN2O. The minimum absolute atomic E-state index is 0.218. The maximum absolute atomic E-state index is 11.5. The van der Waals surface area contributed by atoms with E-state index in [-0.39, 0.29) is 6.04 Å². The number of nitrogens with one attached hydrogen (secondary N) is 1. The Bertz CT molecular complexity index is 411. The lowest BCUT2D eigenvalue weighted by Crippen LogP contribution is -2.38. The highest BCUT2D eigenvalue weighted by Crippen LogP contribution is 2.26. The predicted octanol–water partition coefficient (Wildman–Crippen LogP) is 3.02. The minimum Gasteiger partial charge on any atom is -0.368 e. The number of primary amides is 1. The first kappa shape index (κ1) is 14.5. The van der Waals surface area contributed by atoms with Gasteiger partial charge in [-0.2, -0.15) is 0 Å². The monoisotopic (exact) mass is 318 g/mol. The normalized spacial score (nSPS) is 14.4. The fraction of sp³-hybridized carbons (Fsp3) is 0.417. The SMILES string of the molecule is CCC(C)NC(C(N)=O)c1ccc(Br)c(Cl)c1. The molecule has 0 spiro atoms. The van der Waals surface area contributed by atoms with Gasteiger partial charge in [-0.15, -0.1) is 0 Å². The summed E-state index contributed by atoms with van der Waals surface area (Å²) in [7, 11) is 0. The van der Waals surface area contributed by atoms with Crippen LogP contribution in [0.5, 0.6) is 0 Å². The maximum atomic E-state index is 11.5. The van der Waals surface area contributed by atoms with Crippen LogP contribution < -0.4 is 11.1 Å². The second kappa shape index (κ2) is 6.38. The first-order valence-corrected chi connectivity index (χ1v) is 6.63. The number of carbonyl (C=O) groups is 1. The van der Waals surface area contributed by atoms with Gasteiger partial charge < -0.3 is 5.73 Å². The summed E-state index contributed by atoms with van der Waals surface area (Å²) in [6.45, 7) is 4.06. The van der Waals surface area contributed by atoms with E-state index in [1.807, 2.05) is 26.0 Å². The minimum atomic E-state index is -0.504. The summed E-state index contributed by atoms with van der Waals surface area (Å²) in [5, 5.41) is 3.75. The first-order valence-electron chi connectivity index (χ1n) is 5.46. The van der Waals surface area contributed by atoms with Gasteiger partial charge in [0.05, 0.1) is 5.02 Å². The second-order valence-electron chi connectivity index (χ2n) is 3.98. The van der Waals surface area contributed by atoms with Crippen LogP contribution in [0, 0.1) is 0 Å². The molecule has 0 aromatic heterocycles. The largest absolute Gasteiger partial charge is 0.368 e.